The number of phenolic OH excluding ortho intramolecular Hbond substituents is 1. The molecular weight excluding hydrogens is 216 g/mol. The van der Waals surface area contributed by atoms with E-state index in [4.69, 9.17) is 9.47 Å². The lowest BCUT2D eigenvalue weighted by molar-refractivity contribution is 0.253. The summed E-state index contributed by atoms with van der Waals surface area (Å²) in [5.41, 5.74) is 0. The Bertz CT molecular complexity index is 345. The summed E-state index contributed by atoms with van der Waals surface area (Å²) < 4.78 is 11.0. The van der Waals surface area contributed by atoms with Crippen molar-refractivity contribution in [2.75, 3.05) is 13.2 Å². The summed E-state index contributed by atoms with van der Waals surface area (Å²) in [5.74, 6) is 2.22. The number of benzene rings is 1. The van der Waals surface area contributed by atoms with Crippen LogP contribution < -0.4 is 9.47 Å². The number of ether oxygens (including phenoxy) is 2. The van der Waals surface area contributed by atoms with Gasteiger partial charge in [0.1, 0.15) is 5.75 Å². The molecule has 1 aromatic rings. The number of rotatable bonds is 6. The van der Waals surface area contributed by atoms with Crippen molar-refractivity contribution in [3.05, 3.63) is 18.2 Å². The largest absolute Gasteiger partial charge is 0.504 e. The topological polar surface area (TPSA) is 38.7 Å². The van der Waals surface area contributed by atoms with Crippen LogP contribution in [0.2, 0.25) is 0 Å². The molecule has 0 aromatic heterocycles. The van der Waals surface area contributed by atoms with Crippen LogP contribution in [0.5, 0.6) is 17.2 Å². The van der Waals surface area contributed by atoms with Crippen molar-refractivity contribution in [1.29, 1.82) is 0 Å². The predicted octanol–water partition coefficient (Wildman–Crippen LogP) is 3.46. The van der Waals surface area contributed by atoms with E-state index in [-0.39, 0.29) is 5.75 Å². The van der Waals surface area contributed by atoms with Crippen molar-refractivity contribution in [2.24, 2.45) is 11.8 Å². The first-order chi connectivity index (χ1) is 7.99. The van der Waals surface area contributed by atoms with Crippen LogP contribution in [0.15, 0.2) is 18.2 Å². The molecule has 96 valence electrons. The molecule has 0 radical (unpaired) electrons. The molecule has 0 heterocycles. The van der Waals surface area contributed by atoms with Gasteiger partial charge in [0.05, 0.1) is 13.2 Å². The molecule has 0 aliphatic rings. The zero-order valence-corrected chi connectivity index (χ0v) is 11.1. The molecule has 0 bridgehead atoms. The third-order valence-corrected chi connectivity index (χ3v) is 2.09. The Morgan fingerprint density at radius 1 is 1.00 bits per heavy atom. The molecule has 1 N–H and O–H groups in total. The maximum atomic E-state index is 9.76. The Balaban J connectivity index is 2.59. The molecule has 17 heavy (non-hydrogen) atoms. The summed E-state index contributed by atoms with van der Waals surface area (Å²) in [6, 6.07) is 5.16. The standard InChI is InChI=1S/C14H22O3/c1-10(2)8-16-12-5-6-14(13(15)7-12)17-9-11(3)4/h5-7,10-11,15H,8-9H2,1-4H3. The zero-order chi connectivity index (χ0) is 12.8. The van der Waals surface area contributed by atoms with Gasteiger partial charge in [-0.1, -0.05) is 27.7 Å². The number of hydrogen-bond acceptors (Lipinski definition) is 3. The summed E-state index contributed by atoms with van der Waals surface area (Å²) in [6.45, 7) is 9.54. The molecule has 0 fully saturated rings. The maximum Gasteiger partial charge on any atom is 0.161 e. The van der Waals surface area contributed by atoms with Gasteiger partial charge in [-0.3, -0.25) is 0 Å². The number of phenols is 1. The molecule has 0 amide bonds. The Labute approximate surface area is 103 Å². The van der Waals surface area contributed by atoms with Crippen LogP contribution in [-0.2, 0) is 0 Å². The smallest absolute Gasteiger partial charge is 0.161 e. The summed E-state index contributed by atoms with van der Waals surface area (Å²) >= 11 is 0. The van der Waals surface area contributed by atoms with Crippen LogP contribution in [0.1, 0.15) is 27.7 Å². The second-order valence-electron chi connectivity index (χ2n) is 5.04. The molecule has 0 saturated carbocycles. The van der Waals surface area contributed by atoms with Gasteiger partial charge in [-0.05, 0) is 24.0 Å². The molecule has 0 atom stereocenters. The minimum Gasteiger partial charge on any atom is -0.504 e. The highest BCUT2D eigenvalue weighted by atomic mass is 16.5. The predicted molar refractivity (Wildman–Crippen MR) is 68.8 cm³/mol. The normalized spacial score (nSPS) is 10.9. The van der Waals surface area contributed by atoms with Crippen LogP contribution in [0.3, 0.4) is 0 Å². The monoisotopic (exact) mass is 238 g/mol. The van der Waals surface area contributed by atoms with Crippen LogP contribution in [0, 0.1) is 11.8 Å². The van der Waals surface area contributed by atoms with E-state index >= 15 is 0 Å². The summed E-state index contributed by atoms with van der Waals surface area (Å²) in [7, 11) is 0. The van der Waals surface area contributed by atoms with E-state index in [1.807, 2.05) is 6.07 Å². The SMILES string of the molecule is CC(C)COc1ccc(OCC(C)C)c(O)c1. The van der Waals surface area contributed by atoms with Crippen LogP contribution in [-0.4, -0.2) is 18.3 Å². The van der Waals surface area contributed by atoms with Crippen molar-refractivity contribution in [3.8, 4) is 17.2 Å². The van der Waals surface area contributed by atoms with Crippen molar-refractivity contribution in [1.82, 2.24) is 0 Å². The molecular formula is C14H22O3. The van der Waals surface area contributed by atoms with Gasteiger partial charge in [-0.15, -0.1) is 0 Å². The fourth-order valence-electron chi connectivity index (χ4n) is 1.23. The first-order valence-corrected chi connectivity index (χ1v) is 6.07. The lowest BCUT2D eigenvalue weighted by Crippen LogP contribution is -2.06. The third-order valence-electron chi connectivity index (χ3n) is 2.09. The van der Waals surface area contributed by atoms with Crippen LogP contribution >= 0.6 is 0 Å². The van der Waals surface area contributed by atoms with Gasteiger partial charge in [0.15, 0.2) is 11.5 Å². The Hall–Kier alpha value is -1.38. The van der Waals surface area contributed by atoms with Gasteiger partial charge in [0.25, 0.3) is 0 Å². The average Bonchev–Trinajstić information content (AvgIpc) is 2.24. The lowest BCUT2D eigenvalue weighted by atomic mass is 10.2. The average molecular weight is 238 g/mol. The van der Waals surface area contributed by atoms with E-state index in [9.17, 15) is 5.11 Å². The quantitative estimate of drug-likeness (QED) is 0.824. The van der Waals surface area contributed by atoms with Crippen molar-refractivity contribution in [2.45, 2.75) is 27.7 Å². The van der Waals surface area contributed by atoms with Gasteiger partial charge in [-0.25, -0.2) is 0 Å². The van der Waals surface area contributed by atoms with E-state index in [0.717, 1.165) is 0 Å². The molecule has 0 aliphatic carbocycles. The highest BCUT2D eigenvalue weighted by Gasteiger charge is 2.06. The highest BCUT2D eigenvalue weighted by molar-refractivity contribution is 5.44. The fraction of sp³-hybridized carbons (Fsp3) is 0.571. The fourth-order valence-corrected chi connectivity index (χ4v) is 1.23. The molecule has 0 aliphatic heterocycles. The number of aromatic hydroxyl groups is 1. The summed E-state index contributed by atoms with van der Waals surface area (Å²) in [5, 5.41) is 9.76. The van der Waals surface area contributed by atoms with Crippen LogP contribution in [0.25, 0.3) is 0 Å². The molecule has 1 rings (SSSR count). The lowest BCUT2D eigenvalue weighted by Gasteiger charge is -2.12. The van der Waals surface area contributed by atoms with Gasteiger partial charge < -0.3 is 14.6 Å². The van der Waals surface area contributed by atoms with E-state index in [1.165, 1.54) is 0 Å². The van der Waals surface area contributed by atoms with E-state index in [1.54, 1.807) is 12.1 Å². The first kappa shape index (κ1) is 13.7. The minimum absolute atomic E-state index is 0.131. The molecule has 3 nitrogen and oxygen atoms in total. The summed E-state index contributed by atoms with van der Waals surface area (Å²) in [6.07, 6.45) is 0. The Kier molecular flexibility index (Phi) is 5.13. The maximum absolute atomic E-state index is 9.76. The zero-order valence-electron chi connectivity index (χ0n) is 11.1. The van der Waals surface area contributed by atoms with Crippen LogP contribution in [0.4, 0.5) is 0 Å². The first-order valence-electron chi connectivity index (χ1n) is 6.07. The second-order valence-corrected chi connectivity index (χ2v) is 5.04. The summed E-state index contributed by atoms with van der Waals surface area (Å²) in [4.78, 5) is 0. The second kappa shape index (κ2) is 6.38. The van der Waals surface area contributed by atoms with Gasteiger partial charge in [0.2, 0.25) is 0 Å². The van der Waals surface area contributed by atoms with Crippen molar-refractivity contribution < 1.29 is 14.6 Å². The van der Waals surface area contributed by atoms with Gasteiger partial charge in [-0.2, -0.15) is 0 Å². The Morgan fingerprint density at radius 2 is 1.59 bits per heavy atom. The highest BCUT2D eigenvalue weighted by Crippen LogP contribution is 2.30. The Morgan fingerprint density at radius 3 is 2.12 bits per heavy atom. The molecule has 3 heteroatoms. The molecule has 0 saturated heterocycles. The van der Waals surface area contributed by atoms with Crippen molar-refractivity contribution >= 4 is 0 Å². The third kappa shape index (κ3) is 4.98. The van der Waals surface area contributed by atoms with Gasteiger partial charge >= 0.3 is 0 Å². The number of hydrogen-bond donors (Lipinski definition) is 1. The van der Waals surface area contributed by atoms with E-state index < -0.39 is 0 Å². The minimum atomic E-state index is 0.131. The molecule has 1 aromatic carbocycles. The van der Waals surface area contributed by atoms with Gasteiger partial charge in [0, 0.05) is 6.07 Å². The molecule has 0 spiro atoms. The van der Waals surface area contributed by atoms with E-state index in [2.05, 4.69) is 27.7 Å². The molecule has 0 unspecified atom stereocenters. The van der Waals surface area contributed by atoms with E-state index in [0.29, 0.717) is 36.5 Å². The van der Waals surface area contributed by atoms with Crippen molar-refractivity contribution in [3.63, 3.8) is 0 Å².